The Morgan fingerprint density at radius 3 is 2.46 bits per heavy atom. The summed E-state index contributed by atoms with van der Waals surface area (Å²) in [4.78, 5) is 21.3. The molecule has 1 aromatic carbocycles. The maximum atomic E-state index is 10.7. The molecule has 0 radical (unpaired) electrons. The highest BCUT2D eigenvalue weighted by Gasteiger charge is 2.21. The van der Waals surface area contributed by atoms with Crippen LogP contribution in [0.15, 0.2) is 9.59 Å². The first-order valence-corrected chi connectivity index (χ1v) is 4.33. The van der Waals surface area contributed by atoms with Gasteiger partial charge in [0.2, 0.25) is 11.5 Å². The van der Waals surface area contributed by atoms with Gasteiger partial charge in [-0.2, -0.15) is 0 Å². The van der Waals surface area contributed by atoms with Gasteiger partial charge in [-0.1, -0.05) is 19.8 Å². The van der Waals surface area contributed by atoms with Gasteiger partial charge in [-0.05, 0) is 6.42 Å². The maximum absolute atomic E-state index is 10.7. The number of rotatable bonds is 5. The van der Waals surface area contributed by atoms with Crippen molar-refractivity contribution in [2.75, 3.05) is 6.61 Å². The third kappa shape index (κ3) is 1.88. The number of hydrogen-bond donors (Lipinski definition) is 1. The number of unbranched alkanes of at least 4 members (excludes halogenated alkanes) is 2. The van der Waals surface area contributed by atoms with Gasteiger partial charge in [0.1, 0.15) is 0 Å². The highest BCUT2D eigenvalue weighted by atomic mass is 16.5. The molecule has 0 aliphatic heterocycles. The summed E-state index contributed by atoms with van der Waals surface area (Å²) in [5.41, 5.74) is -1.56. The van der Waals surface area contributed by atoms with E-state index in [1.807, 2.05) is 0 Å². The Kier molecular flexibility index (Phi) is 3.06. The van der Waals surface area contributed by atoms with Crippen LogP contribution in [0.2, 0.25) is 0 Å². The van der Waals surface area contributed by atoms with Crippen LogP contribution in [0.5, 0.6) is 11.5 Å². The Morgan fingerprint density at radius 1 is 1.23 bits per heavy atom. The van der Waals surface area contributed by atoms with Crippen LogP contribution in [0.3, 0.4) is 0 Å². The standard InChI is InChI=1S/C9H12O4/c1-2-3-4-5-13-9-7(11)6(10)8(9)12/h11H,2-5H2,1H3. The summed E-state index contributed by atoms with van der Waals surface area (Å²) in [5.74, 6) is -0.692. The normalized spacial score (nSPS) is 10.5. The minimum absolute atomic E-state index is 0.166. The third-order valence-electron chi connectivity index (χ3n) is 1.84. The molecule has 0 saturated heterocycles. The van der Waals surface area contributed by atoms with Crippen molar-refractivity contribution in [2.24, 2.45) is 0 Å². The van der Waals surface area contributed by atoms with Gasteiger partial charge in [0.15, 0.2) is 0 Å². The Balaban J connectivity index is 2.39. The monoisotopic (exact) mass is 184 g/mol. The van der Waals surface area contributed by atoms with Crippen molar-refractivity contribution in [2.45, 2.75) is 26.2 Å². The van der Waals surface area contributed by atoms with Crippen LogP contribution in [0.4, 0.5) is 0 Å². The highest BCUT2D eigenvalue weighted by molar-refractivity contribution is 5.44. The van der Waals surface area contributed by atoms with Crippen LogP contribution in [-0.4, -0.2) is 11.7 Å². The smallest absolute Gasteiger partial charge is 0.275 e. The molecule has 0 spiro atoms. The van der Waals surface area contributed by atoms with E-state index in [1.165, 1.54) is 0 Å². The predicted octanol–water partition coefficient (Wildman–Crippen LogP) is 0.557. The minimum atomic E-state index is -0.842. The average molecular weight is 184 g/mol. The molecule has 0 amide bonds. The lowest BCUT2D eigenvalue weighted by Gasteiger charge is -2.07. The maximum Gasteiger partial charge on any atom is 0.275 e. The van der Waals surface area contributed by atoms with Crippen LogP contribution >= 0.6 is 0 Å². The molecule has 72 valence electrons. The van der Waals surface area contributed by atoms with Gasteiger partial charge < -0.3 is 9.84 Å². The van der Waals surface area contributed by atoms with E-state index in [1.54, 1.807) is 0 Å². The largest absolute Gasteiger partial charge is 0.501 e. The zero-order chi connectivity index (χ0) is 9.84. The van der Waals surface area contributed by atoms with Gasteiger partial charge in [0.05, 0.1) is 6.61 Å². The second-order valence-electron chi connectivity index (χ2n) is 2.89. The van der Waals surface area contributed by atoms with Gasteiger partial charge in [-0.25, -0.2) is 0 Å². The van der Waals surface area contributed by atoms with Crippen molar-refractivity contribution in [1.29, 1.82) is 0 Å². The Bertz CT molecular complexity index is 346. The molecular weight excluding hydrogens is 172 g/mol. The molecule has 0 atom stereocenters. The summed E-state index contributed by atoms with van der Waals surface area (Å²) in [6, 6.07) is 0. The fourth-order valence-corrected chi connectivity index (χ4v) is 1.02. The zero-order valence-corrected chi connectivity index (χ0v) is 7.50. The van der Waals surface area contributed by atoms with E-state index in [-0.39, 0.29) is 5.75 Å². The van der Waals surface area contributed by atoms with Gasteiger partial charge >= 0.3 is 0 Å². The molecule has 0 heterocycles. The molecule has 4 heteroatoms. The van der Waals surface area contributed by atoms with Crippen LogP contribution < -0.4 is 15.6 Å². The van der Waals surface area contributed by atoms with Gasteiger partial charge in [0.25, 0.3) is 10.9 Å². The first kappa shape index (κ1) is 9.77. The Morgan fingerprint density at radius 2 is 1.92 bits per heavy atom. The summed E-state index contributed by atoms with van der Waals surface area (Å²) < 4.78 is 4.93. The van der Waals surface area contributed by atoms with E-state index in [0.717, 1.165) is 19.3 Å². The minimum Gasteiger partial charge on any atom is -0.501 e. The van der Waals surface area contributed by atoms with Crippen LogP contribution in [-0.2, 0) is 0 Å². The lowest BCUT2D eigenvalue weighted by molar-refractivity contribution is 0.280. The van der Waals surface area contributed by atoms with E-state index in [4.69, 9.17) is 9.84 Å². The summed E-state index contributed by atoms with van der Waals surface area (Å²) in [7, 11) is 0. The highest BCUT2D eigenvalue weighted by Crippen LogP contribution is 2.17. The van der Waals surface area contributed by atoms with Crippen molar-refractivity contribution < 1.29 is 9.84 Å². The topological polar surface area (TPSA) is 63.6 Å². The number of ether oxygens (including phenoxy) is 1. The molecule has 0 bridgehead atoms. The molecule has 1 N–H and O–H groups in total. The molecule has 1 aromatic rings. The van der Waals surface area contributed by atoms with E-state index in [0.29, 0.717) is 6.61 Å². The van der Waals surface area contributed by atoms with Crippen molar-refractivity contribution in [3.05, 3.63) is 20.4 Å². The number of hydrogen-bond acceptors (Lipinski definition) is 4. The summed E-state index contributed by atoms with van der Waals surface area (Å²) in [6.45, 7) is 2.43. The fraction of sp³-hybridized carbons (Fsp3) is 0.556. The molecule has 0 fully saturated rings. The van der Waals surface area contributed by atoms with Gasteiger partial charge in [0, 0.05) is 0 Å². The van der Waals surface area contributed by atoms with Crippen LogP contribution in [0.25, 0.3) is 0 Å². The molecule has 0 unspecified atom stereocenters. The van der Waals surface area contributed by atoms with Crippen molar-refractivity contribution in [3.63, 3.8) is 0 Å². The van der Waals surface area contributed by atoms with E-state index in [9.17, 15) is 9.59 Å². The van der Waals surface area contributed by atoms with Crippen molar-refractivity contribution in [1.82, 2.24) is 0 Å². The summed E-state index contributed by atoms with van der Waals surface area (Å²) >= 11 is 0. The summed E-state index contributed by atoms with van der Waals surface area (Å²) in [6.07, 6.45) is 2.90. The van der Waals surface area contributed by atoms with Crippen molar-refractivity contribution in [3.8, 4) is 11.5 Å². The molecule has 4 nitrogen and oxygen atoms in total. The van der Waals surface area contributed by atoms with E-state index >= 15 is 0 Å². The second kappa shape index (κ2) is 4.07. The van der Waals surface area contributed by atoms with E-state index in [2.05, 4.69) is 6.92 Å². The van der Waals surface area contributed by atoms with Gasteiger partial charge in [-0.3, -0.25) is 9.59 Å². The number of aromatic hydroxyl groups is 1. The van der Waals surface area contributed by atoms with Gasteiger partial charge in [-0.15, -0.1) is 0 Å². The molecule has 0 aliphatic carbocycles. The zero-order valence-electron chi connectivity index (χ0n) is 7.50. The molecule has 13 heavy (non-hydrogen) atoms. The third-order valence-corrected chi connectivity index (χ3v) is 1.84. The average Bonchev–Trinajstić information content (AvgIpc) is 2.16. The second-order valence-corrected chi connectivity index (χ2v) is 2.89. The SMILES string of the molecule is CCCCCOc1c(O)c(=O)c1=O. The first-order chi connectivity index (χ1) is 6.18. The summed E-state index contributed by atoms with van der Waals surface area (Å²) in [5, 5.41) is 8.89. The predicted molar refractivity (Wildman–Crippen MR) is 48.0 cm³/mol. The van der Waals surface area contributed by atoms with Crippen LogP contribution in [0.1, 0.15) is 26.2 Å². The molecule has 0 aliphatic rings. The Hall–Kier alpha value is -1.32. The molecule has 1 rings (SSSR count). The first-order valence-electron chi connectivity index (χ1n) is 4.33. The lowest BCUT2D eigenvalue weighted by Crippen LogP contribution is -2.31. The van der Waals surface area contributed by atoms with E-state index < -0.39 is 16.6 Å². The fourth-order valence-electron chi connectivity index (χ4n) is 1.02. The molecule has 0 aromatic heterocycles. The quantitative estimate of drug-likeness (QED) is 0.536. The Labute approximate surface area is 75.5 Å². The lowest BCUT2D eigenvalue weighted by atomic mass is 10.2. The van der Waals surface area contributed by atoms with Crippen molar-refractivity contribution >= 4 is 0 Å². The molecule has 0 saturated carbocycles. The van der Waals surface area contributed by atoms with Crippen LogP contribution in [0, 0.1) is 0 Å². The molecular formula is C9H12O4.